The molecule has 0 aromatic heterocycles. The number of carbonyl (C=O) groups is 1. The molecule has 0 saturated carbocycles. The molecule has 6 nitrogen and oxygen atoms in total. The first-order valence-corrected chi connectivity index (χ1v) is 6.34. The first-order valence-electron chi connectivity index (χ1n) is 6.34. The average molecular weight is 265 g/mol. The molecular formula is C13H19N3O3. The first-order chi connectivity index (χ1) is 9.13. The number of carbonyl (C=O) groups excluding carboxylic acids is 1. The number of nitrogens with zero attached hydrogens (tertiary/aromatic N) is 1. The molecule has 1 amide bonds. The molecular weight excluding hydrogens is 246 g/mol. The Kier molecular flexibility index (Phi) is 6.52. The molecule has 0 aliphatic carbocycles. The number of amides is 1. The van der Waals surface area contributed by atoms with Gasteiger partial charge in [-0.2, -0.15) is 0 Å². The lowest BCUT2D eigenvalue weighted by molar-refractivity contribution is -0.384. The number of hydrogen-bond acceptors (Lipinski definition) is 4. The van der Waals surface area contributed by atoms with Gasteiger partial charge in [0.1, 0.15) is 0 Å². The lowest BCUT2D eigenvalue weighted by Gasteiger charge is -2.06. The Labute approximate surface area is 112 Å². The van der Waals surface area contributed by atoms with Gasteiger partial charge in [0.2, 0.25) is 5.91 Å². The molecule has 0 atom stereocenters. The Balaban J connectivity index is 2.31. The summed E-state index contributed by atoms with van der Waals surface area (Å²) in [5.74, 6) is -0.0566. The second-order valence-electron chi connectivity index (χ2n) is 4.23. The van der Waals surface area contributed by atoms with Gasteiger partial charge in [0, 0.05) is 25.2 Å². The molecule has 0 unspecified atom stereocenters. The number of unbranched alkanes of at least 4 members (excludes halogenated alkanes) is 1. The minimum Gasteiger partial charge on any atom is -0.355 e. The van der Waals surface area contributed by atoms with E-state index in [1.165, 1.54) is 12.1 Å². The Morgan fingerprint density at radius 3 is 2.89 bits per heavy atom. The lowest BCUT2D eigenvalue weighted by atomic mass is 10.2. The van der Waals surface area contributed by atoms with Crippen LogP contribution in [0.1, 0.15) is 25.3 Å². The minimum atomic E-state index is -0.430. The summed E-state index contributed by atoms with van der Waals surface area (Å²) in [4.78, 5) is 21.6. The molecule has 0 aliphatic heterocycles. The van der Waals surface area contributed by atoms with E-state index in [4.69, 9.17) is 0 Å². The molecule has 1 aromatic rings. The van der Waals surface area contributed by atoms with Crippen molar-refractivity contribution in [3.05, 3.63) is 39.9 Å². The molecule has 0 aliphatic rings. The van der Waals surface area contributed by atoms with E-state index >= 15 is 0 Å². The summed E-state index contributed by atoms with van der Waals surface area (Å²) in [5.41, 5.74) is 0.849. The molecule has 19 heavy (non-hydrogen) atoms. The van der Waals surface area contributed by atoms with Gasteiger partial charge in [-0.15, -0.1) is 0 Å². The fourth-order valence-electron chi connectivity index (χ4n) is 1.57. The van der Waals surface area contributed by atoms with E-state index in [-0.39, 0.29) is 18.1 Å². The summed E-state index contributed by atoms with van der Waals surface area (Å²) in [6, 6.07) is 6.37. The van der Waals surface area contributed by atoms with E-state index < -0.39 is 4.92 Å². The van der Waals surface area contributed by atoms with Crippen LogP contribution in [0, 0.1) is 10.1 Å². The molecule has 0 radical (unpaired) electrons. The number of nitro groups is 1. The Morgan fingerprint density at radius 2 is 2.21 bits per heavy atom. The van der Waals surface area contributed by atoms with Crippen LogP contribution >= 0.6 is 0 Å². The Morgan fingerprint density at radius 1 is 1.42 bits per heavy atom. The van der Waals surface area contributed by atoms with E-state index in [1.807, 2.05) is 0 Å². The highest BCUT2D eigenvalue weighted by atomic mass is 16.6. The van der Waals surface area contributed by atoms with Crippen molar-refractivity contribution in [3.63, 3.8) is 0 Å². The van der Waals surface area contributed by atoms with E-state index in [0.29, 0.717) is 13.1 Å². The van der Waals surface area contributed by atoms with Crippen molar-refractivity contribution in [2.75, 3.05) is 13.1 Å². The molecule has 1 rings (SSSR count). The normalized spacial score (nSPS) is 10.2. The average Bonchev–Trinajstić information content (AvgIpc) is 2.39. The van der Waals surface area contributed by atoms with Crippen LogP contribution in [0.25, 0.3) is 0 Å². The van der Waals surface area contributed by atoms with Gasteiger partial charge in [-0.3, -0.25) is 14.9 Å². The van der Waals surface area contributed by atoms with Gasteiger partial charge >= 0.3 is 0 Å². The molecule has 0 spiro atoms. The van der Waals surface area contributed by atoms with Crippen LogP contribution in [0.5, 0.6) is 0 Å². The third-order valence-corrected chi connectivity index (χ3v) is 2.59. The first kappa shape index (κ1) is 15.1. The highest BCUT2D eigenvalue weighted by Crippen LogP contribution is 2.12. The molecule has 0 saturated heterocycles. The molecule has 6 heteroatoms. The maximum Gasteiger partial charge on any atom is 0.269 e. The second-order valence-corrected chi connectivity index (χ2v) is 4.23. The van der Waals surface area contributed by atoms with Crippen molar-refractivity contribution >= 4 is 11.6 Å². The number of rotatable bonds is 8. The summed E-state index contributed by atoms with van der Waals surface area (Å²) in [6.07, 6.45) is 2.01. The number of nitro benzene ring substituents is 1. The van der Waals surface area contributed by atoms with Gasteiger partial charge in [0.15, 0.2) is 0 Å². The number of hydrogen-bond donors (Lipinski definition) is 2. The second kappa shape index (κ2) is 8.20. The van der Waals surface area contributed by atoms with Crippen LogP contribution in [-0.2, 0) is 11.3 Å². The maximum atomic E-state index is 11.4. The molecule has 0 bridgehead atoms. The number of non-ortho nitro benzene ring substituents is 1. The fraction of sp³-hybridized carbons (Fsp3) is 0.462. The molecule has 0 fully saturated rings. The van der Waals surface area contributed by atoms with E-state index in [1.54, 1.807) is 12.1 Å². The van der Waals surface area contributed by atoms with Gasteiger partial charge in [0.05, 0.1) is 11.5 Å². The minimum absolute atomic E-state index is 0.0566. The lowest BCUT2D eigenvalue weighted by Crippen LogP contribution is -2.34. The zero-order chi connectivity index (χ0) is 14.1. The van der Waals surface area contributed by atoms with Gasteiger partial charge in [-0.1, -0.05) is 25.5 Å². The fourth-order valence-corrected chi connectivity index (χ4v) is 1.57. The summed E-state index contributed by atoms with van der Waals surface area (Å²) in [5, 5.41) is 16.4. The third kappa shape index (κ3) is 5.96. The van der Waals surface area contributed by atoms with Crippen LogP contribution in [0.2, 0.25) is 0 Å². The maximum absolute atomic E-state index is 11.4. The van der Waals surface area contributed by atoms with Gasteiger partial charge in [-0.25, -0.2) is 0 Å². The third-order valence-electron chi connectivity index (χ3n) is 2.59. The summed E-state index contributed by atoms with van der Waals surface area (Å²) < 4.78 is 0. The topological polar surface area (TPSA) is 84.3 Å². The van der Waals surface area contributed by atoms with Gasteiger partial charge in [-0.05, 0) is 12.0 Å². The van der Waals surface area contributed by atoms with Crippen LogP contribution in [0.4, 0.5) is 5.69 Å². The highest BCUT2D eigenvalue weighted by molar-refractivity contribution is 5.77. The summed E-state index contributed by atoms with van der Waals surface area (Å²) in [6.45, 7) is 3.40. The molecule has 0 heterocycles. The quantitative estimate of drug-likeness (QED) is 0.425. The monoisotopic (exact) mass is 265 g/mol. The largest absolute Gasteiger partial charge is 0.355 e. The summed E-state index contributed by atoms with van der Waals surface area (Å²) in [7, 11) is 0. The predicted molar refractivity (Wildman–Crippen MR) is 72.7 cm³/mol. The molecule has 1 aromatic carbocycles. The standard InChI is InChI=1S/C13H19N3O3/c1-2-3-7-15-13(17)10-14-9-11-5-4-6-12(8-11)16(18)19/h4-6,8,14H,2-3,7,9-10H2,1H3,(H,15,17). The summed E-state index contributed by atoms with van der Waals surface area (Å²) >= 11 is 0. The Hall–Kier alpha value is -1.95. The van der Waals surface area contributed by atoms with E-state index in [0.717, 1.165) is 18.4 Å². The van der Waals surface area contributed by atoms with Crippen molar-refractivity contribution in [1.82, 2.24) is 10.6 Å². The van der Waals surface area contributed by atoms with Gasteiger partial charge in [0.25, 0.3) is 5.69 Å². The number of benzene rings is 1. The van der Waals surface area contributed by atoms with E-state index in [9.17, 15) is 14.9 Å². The SMILES string of the molecule is CCCCNC(=O)CNCc1cccc([N+](=O)[O-])c1. The zero-order valence-corrected chi connectivity index (χ0v) is 11.0. The Bertz CT molecular complexity index is 435. The smallest absolute Gasteiger partial charge is 0.269 e. The van der Waals surface area contributed by atoms with Gasteiger partial charge < -0.3 is 10.6 Å². The van der Waals surface area contributed by atoms with Crippen LogP contribution in [-0.4, -0.2) is 23.9 Å². The van der Waals surface area contributed by atoms with Crippen molar-refractivity contribution in [2.24, 2.45) is 0 Å². The van der Waals surface area contributed by atoms with Crippen LogP contribution in [0.3, 0.4) is 0 Å². The zero-order valence-electron chi connectivity index (χ0n) is 11.0. The van der Waals surface area contributed by atoms with Crippen LogP contribution in [0.15, 0.2) is 24.3 Å². The number of nitrogens with one attached hydrogen (secondary N) is 2. The van der Waals surface area contributed by atoms with Crippen molar-refractivity contribution in [3.8, 4) is 0 Å². The highest BCUT2D eigenvalue weighted by Gasteiger charge is 2.05. The van der Waals surface area contributed by atoms with Crippen molar-refractivity contribution in [2.45, 2.75) is 26.3 Å². The predicted octanol–water partition coefficient (Wildman–Crippen LogP) is 1.60. The molecule has 2 N–H and O–H groups in total. The van der Waals surface area contributed by atoms with Crippen molar-refractivity contribution < 1.29 is 9.72 Å². The molecule has 104 valence electrons. The van der Waals surface area contributed by atoms with Crippen LogP contribution < -0.4 is 10.6 Å². The van der Waals surface area contributed by atoms with E-state index in [2.05, 4.69) is 17.6 Å². The van der Waals surface area contributed by atoms with Crippen molar-refractivity contribution in [1.29, 1.82) is 0 Å².